The third kappa shape index (κ3) is 6.84. The average Bonchev–Trinajstić information content (AvgIpc) is 3.13. The minimum Gasteiger partial charge on any atom is -0.493 e. The van der Waals surface area contributed by atoms with E-state index in [1.165, 1.54) is 0 Å². The Morgan fingerprint density at radius 1 is 1.00 bits per heavy atom. The minimum atomic E-state index is -0.346. The fourth-order valence-electron chi connectivity index (χ4n) is 4.15. The lowest BCUT2D eigenvalue weighted by Gasteiger charge is -2.27. The number of aromatic nitrogens is 2. The van der Waals surface area contributed by atoms with Gasteiger partial charge in [-0.25, -0.2) is 4.68 Å². The Bertz CT molecular complexity index is 1020. The molecule has 0 bridgehead atoms. The van der Waals surface area contributed by atoms with Crippen molar-refractivity contribution in [1.82, 2.24) is 14.7 Å². The molecule has 0 fully saturated rings. The molecule has 0 saturated carbocycles. The molecule has 6 nitrogen and oxygen atoms in total. The number of para-hydroxylation sites is 3. The Morgan fingerprint density at radius 2 is 1.68 bits per heavy atom. The van der Waals surface area contributed by atoms with E-state index < -0.39 is 0 Å². The van der Waals surface area contributed by atoms with Gasteiger partial charge < -0.3 is 14.6 Å². The van der Waals surface area contributed by atoms with Gasteiger partial charge in [-0.05, 0) is 43.5 Å². The van der Waals surface area contributed by atoms with E-state index in [4.69, 9.17) is 14.6 Å². The molecule has 3 rings (SSSR count). The summed E-state index contributed by atoms with van der Waals surface area (Å²) >= 11 is 0. The van der Waals surface area contributed by atoms with E-state index >= 15 is 0 Å². The van der Waals surface area contributed by atoms with Gasteiger partial charge in [-0.2, -0.15) is 5.10 Å². The number of benzene rings is 2. The molecule has 0 radical (unpaired) electrons. The number of aliphatic hydroxyl groups is 1. The summed E-state index contributed by atoms with van der Waals surface area (Å²) in [6.07, 6.45) is 2.59. The van der Waals surface area contributed by atoms with E-state index in [1.807, 2.05) is 66.2 Å². The zero-order valence-corrected chi connectivity index (χ0v) is 21.2. The molecule has 6 heteroatoms. The molecule has 0 spiro atoms. The van der Waals surface area contributed by atoms with Crippen LogP contribution in [0.5, 0.6) is 17.4 Å². The van der Waals surface area contributed by atoms with Gasteiger partial charge in [0.15, 0.2) is 11.5 Å². The number of nitrogens with zero attached hydrogens (tertiary/aromatic N) is 3. The molecule has 1 aromatic heterocycles. The van der Waals surface area contributed by atoms with Crippen molar-refractivity contribution in [2.75, 3.05) is 20.2 Å². The second-order valence-corrected chi connectivity index (χ2v) is 9.25. The molecule has 0 saturated heterocycles. The van der Waals surface area contributed by atoms with Crippen molar-refractivity contribution < 1.29 is 14.6 Å². The quantitative estimate of drug-likeness (QED) is 0.336. The summed E-state index contributed by atoms with van der Waals surface area (Å²) in [5, 5.41) is 15.5. The zero-order chi connectivity index (χ0) is 24.5. The van der Waals surface area contributed by atoms with E-state index in [2.05, 4.69) is 25.7 Å². The highest BCUT2D eigenvalue weighted by molar-refractivity contribution is 5.47. The number of hydrogen-bond donors (Lipinski definition) is 1. The maximum atomic E-state index is 10.7. The predicted octanol–water partition coefficient (Wildman–Crippen LogP) is 5.99. The van der Waals surface area contributed by atoms with Crippen LogP contribution in [0.25, 0.3) is 5.69 Å². The van der Waals surface area contributed by atoms with Crippen LogP contribution in [-0.4, -0.2) is 46.1 Å². The van der Waals surface area contributed by atoms with Crippen LogP contribution >= 0.6 is 0 Å². The van der Waals surface area contributed by atoms with Gasteiger partial charge in [0, 0.05) is 19.6 Å². The second kappa shape index (κ2) is 12.6. The second-order valence-electron chi connectivity index (χ2n) is 9.25. The number of unbranched alkanes of at least 4 members (excludes halogenated alkanes) is 1. The fraction of sp³-hybridized carbons (Fsp3) is 0.464. The minimum absolute atomic E-state index is 0.346. The molecule has 1 atom stereocenters. The van der Waals surface area contributed by atoms with Gasteiger partial charge >= 0.3 is 0 Å². The molecular weight excluding hydrogens is 426 g/mol. The zero-order valence-electron chi connectivity index (χ0n) is 21.2. The van der Waals surface area contributed by atoms with E-state index in [1.54, 1.807) is 7.11 Å². The maximum Gasteiger partial charge on any atom is 0.227 e. The first-order valence-corrected chi connectivity index (χ1v) is 12.3. The summed E-state index contributed by atoms with van der Waals surface area (Å²) < 4.78 is 13.9. The smallest absolute Gasteiger partial charge is 0.227 e. The van der Waals surface area contributed by atoms with Crippen molar-refractivity contribution in [2.24, 2.45) is 5.92 Å². The van der Waals surface area contributed by atoms with Crippen LogP contribution in [0.3, 0.4) is 0 Å². The van der Waals surface area contributed by atoms with Crippen LogP contribution in [0.2, 0.25) is 0 Å². The van der Waals surface area contributed by atoms with E-state index in [0.29, 0.717) is 36.4 Å². The summed E-state index contributed by atoms with van der Waals surface area (Å²) in [5.41, 5.74) is 2.85. The van der Waals surface area contributed by atoms with Crippen LogP contribution in [0, 0.1) is 12.8 Å². The Kier molecular flexibility index (Phi) is 9.54. The maximum absolute atomic E-state index is 10.7. The van der Waals surface area contributed by atoms with Gasteiger partial charge in [0.25, 0.3) is 0 Å². The molecule has 3 aromatic rings. The summed E-state index contributed by atoms with van der Waals surface area (Å²) in [5.74, 6) is 2.45. The molecule has 0 unspecified atom stereocenters. The van der Waals surface area contributed by atoms with Crippen molar-refractivity contribution in [1.29, 1.82) is 0 Å². The molecule has 0 aliphatic rings. The molecule has 1 heterocycles. The van der Waals surface area contributed by atoms with Gasteiger partial charge in [0.2, 0.25) is 5.88 Å². The van der Waals surface area contributed by atoms with E-state index in [-0.39, 0.29) is 6.10 Å². The standard InChI is InChI=1S/C28H39N3O3/c1-6-7-15-24(32)19-30(18-21(2)3)20-25-22(4)29-31(23-13-9-8-10-14-23)28(25)34-27-17-12-11-16-26(27)33-5/h8-14,16-17,21,24,32H,6-7,15,18-20H2,1-5H3/t24-/m1/s1. The van der Waals surface area contributed by atoms with Gasteiger partial charge in [0.05, 0.1) is 30.2 Å². The highest BCUT2D eigenvalue weighted by Gasteiger charge is 2.23. The number of aryl methyl sites for hydroxylation is 1. The number of hydrogen-bond acceptors (Lipinski definition) is 5. The van der Waals surface area contributed by atoms with Crippen LogP contribution in [-0.2, 0) is 6.54 Å². The van der Waals surface area contributed by atoms with Crippen LogP contribution in [0.4, 0.5) is 0 Å². The molecular formula is C28H39N3O3. The lowest BCUT2D eigenvalue weighted by atomic mass is 10.1. The van der Waals surface area contributed by atoms with Crippen LogP contribution in [0.15, 0.2) is 54.6 Å². The topological polar surface area (TPSA) is 59.8 Å². The number of rotatable bonds is 13. The van der Waals surface area contributed by atoms with Gasteiger partial charge in [-0.3, -0.25) is 4.90 Å². The number of methoxy groups -OCH3 is 1. The summed E-state index contributed by atoms with van der Waals surface area (Å²) in [7, 11) is 1.64. The lowest BCUT2D eigenvalue weighted by molar-refractivity contribution is 0.0927. The van der Waals surface area contributed by atoms with E-state index in [9.17, 15) is 5.11 Å². The van der Waals surface area contributed by atoms with Crippen molar-refractivity contribution in [3.05, 3.63) is 65.9 Å². The van der Waals surface area contributed by atoms with Gasteiger partial charge in [-0.15, -0.1) is 0 Å². The lowest BCUT2D eigenvalue weighted by Crippen LogP contribution is -2.35. The first kappa shape index (κ1) is 25.8. The summed E-state index contributed by atoms with van der Waals surface area (Å²) in [6.45, 7) is 10.7. The Balaban J connectivity index is 2.00. The number of aliphatic hydroxyl groups excluding tert-OH is 1. The average molecular weight is 466 g/mol. The van der Waals surface area contributed by atoms with Crippen LogP contribution in [0.1, 0.15) is 51.3 Å². The summed E-state index contributed by atoms with van der Waals surface area (Å²) in [4.78, 5) is 2.32. The van der Waals surface area contributed by atoms with Gasteiger partial charge in [-0.1, -0.05) is 63.9 Å². The molecule has 184 valence electrons. The van der Waals surface area contributed by atoms with Crippen molar-refractivity contribution in [2.45, 2.75) is 59.6 Å². The third-order valence-corrected chi connectivity index (χ3v) is 5.78. The fourth-order valence-corrected chi connectivity index (χ4v) is 4.15. The van der Waals surface area contributed by atoms with E-state index in [0.717, 1.165) is 42.8 Å². The molecule has 0 aliphatic heterocycles. The third-order valence-electron chi connectivity index (χ3n) is 5.78. The Hall–Kier alpha value is -2.83. The number of ether oxygens (including phenoxy) is 2. The summed E-state index contributed by atoms with van der Waals surface area (Å²) in [6, 6.07) is 17.7. The Labute approximate surface area is 204 Å². The molecule has 1 N–H and O–H groups in total. The van der Waals surface area contributed by atoms with Crippen molar-refractivity contribution in [3.63, 3.8) is 0 Å². The van der Waals surface area contributed by atoms with Gasteiger partial charge in [0.1, 0.15) is 0 Å². The van der Waals surface area contributed by atoms with Crippen molar-refractivity contribution in [3.8, 4) is 23.1 Å². The van der Waals surface area contributed by atoms with Crippen molar-refractivity contribution >= 4 is 0 Å². The Morgan fingerprint density at radius 3 is 2.32 bits per heavy atom. The highest BCUT2D eigenvalue weighted by Crippen LogP contribution is 2.36. The normalized spacial score (nSPS) is 12.4. The van der Waals surface area contributed by atoms with Crippen LogP contribution < -0.4 is 9.47 Å². The molecule has 34 heavy (non-hydrogen) atoms. The molecule has 0 amide bonds. The molecule has 2 aromatic carbocycles. The first-order chi connectivity index (χ1) is 16.4. The monoisotopic (exact) mass is 465 g/mol. The predicted molar refractivity (Wildman–Crippen MR) is 137 cm³/mol. The largest absolute Gasteiger partial charge is 0.493 e. The first-order valence-electron chi connectivity index (χ1n) is 12.3. The SMILES string of the molecule is CCCC[C@@H](O)CN(Cc1c(C)nn(-c2ccccc2)c1Oc1ccccc1OC)CC(C)C. The highest BCUT2D eigenvalue weighted by atomic mass is 16.5. The molecule has 0 aliphatic carbocycles.